The maximum Gasteiger partial charge on any atom is 0.133 e. The summed E-state index contributed by atoms with van der Waals surface area (Å²) < 4.78 is 1.05. The van der Waals surface area contributed by atoms with E-state index >= 15 is 0 Å². The first-order chi connectivity index (χ1) is 9.65. The summed E-state index contributed by atoms with van der Waals surface area (Å²) in [6, 6.07) is 2.18. The molecule has 1 aromatic heterocycles. The van der Waals surface area contributed by atoms with Crippen molar-refractivity contribution in [3.63, 3.8) is 0 Å². The van der Waals surface area contributed by atoms with Crippen molar-refractivity contribution in [2.45, 2.75) is 47.1 Å². The first-order valence-corrected chi connectivity index (χ1v) is 8.55. The second-order valence-electron chi connectivity index (χ2n) is 5.14. The van der Waals surface area contributed by atoms with E-state index in [1.807, 2.05) is 6.20 Å². The molecule has 0 fully saturated rings. The summed E-state index contributed by atoms with van der Waals surface area (Å²) in [5.74, 6) is 1.87. The molecule has 114 valence electrons. The van der Waals surface area contributed by atoms with Crippen LogP contribution in [0.15, 0.2) is 16.7 Å². The second kappa shape index (κ2) is 9.35. The number of pyridine rings is 1. The zero-order valence-corrected chi connectivity index (χ0v) is 14.8. The summed E-state index contributed by atoms with van der Waals surface area (Å²) in [5.41, 5.74) is 1.27. The van der Waals surface area contributed by atoms with Gasteiger partial charge in [-0.3, -0.25) is 0 Å². The van der Waals surface area contributed by atoms with Crippen LogP contribution in [0.5, 0.6) is 0 Å². The third-order valence-electron chi connectivity index (χ3n) is 3.79. The minimum absolute atomic E-state index is 0.743. The summed E-state index contributed by atoms with van der Waals surface area (Å²) in [6.45, 7) is 12.8. The Morgan fingerprint density at radius 3 is 2.50 bits per heavy atom. The molecule has 20 heavy (non-hydrogen) atoms. The average molecular weight is 342 g/mol. The van der Waals surface area contributed by atoms with Crippen molar-refractivity contribution >= 4 is 21.7 Å². The van der Waals surface area contributed by atoms with Gasteiger partial charge in [0.25, 0.3) is 0 Å². The third kappa shape index (κ3) is 5.06. The first-order valence-electron chi connectivity index (χ1n) is 7.76. The Morgan fingerprint density at radius 1 is 1.25 bits per heavy atom. The molecule has 0 aliphatic heterocycles. The van der Waals surface area contributed by atoms with Gasteiger partial charge in [-0.05, 0) is 41.4 Å². The molecule has 0 amide bonds. The molecule has 0 saturated heterocycles. The number of hydrogen-bond acceptors (Lipinski definition) is 3. The Kier molecular flexibility index (Phi) is 8.15. The Balaban J connectivity index is 2.94. The second-order valence-corrected chi connectivity index (χ2v) is 6.05. The number of nitrogens with one attached hydrogen (secondary N) is 1. The molecular weight excluding hydrogens is 314 g/mol. The lowest BCUT2D eigenvalue weighted by Crippen LogP contribution is -2.31. The summed E-state index contributed by atoms with van der Waals surface area (Å²) in [7, 11) is 0. The van der Waals surface area contributed by atoms with Crippen LogP contribution < -0.4 is 10.2 Å². The van der Waals surface area contributed by atoms with Crippen LogP contribution in [-0.2, 0) is 6.54 Å². The van der Waals surface area contributed by atoms with Crippen molar-refractivity contribution in [1.29, 1.82) is 0 Å². The highest BCUT2D eigenvalue weighted by Crippen LogP contribution is 2.23. The van der Waals surface area contributed by atoms with Crippen LogP contribution in [-0.4, -0.2) is 24.6 Å². The molecule has 0 saturated carbocycles. The zero-order chi connectivity index (χ0) is 15.0. The van der Waals surface area contributed by atoms with Crippen molar-refractivity contribution in [3.8, 4) is 0 Å². The number of nitrogens with zero attached hydrogens (tertiary/aromatic N) is 2. The molecule has 0 aromatic carbocycles. The molecule has 0 atom stereocenters. The third-order valence-corrected chi connectivity index (χ3v) is 4.22. The highest BCUT2D eigenvalue weighted by atomic mass is 79.9. The fourth-order valence-electron chi connectivity index (χ4n) is 2.37. The average Bonchev–Trinajstić information content (AvgIpc) is 2.47. The van der Waals surface area contributed by atoms with E-state index in [-0.39, 0.29) is 0 Å². The number of rotatable bonds is 9. The number of anilines is 1. The Labute approximate surface area is 132 Å². The molecule has 1 N–H and O–H groups in total. The van der Waals surface area contributed by atoms with Gasteiger partial charge in [0, 0.05) is 35.9 Å². The molecule has 1 heterocycles. The van der Waals surface area contributed by atoms with Gasteiger partial charge in [0.1, 0.15) is 5.82 Å². The lowest BCUT2D eigenvalue weighted by Gasteiger charge is -2.28. The predicted octanol–water partition coefficient (Wildman–Crippen LogP) is 4.22. The lowest BCUT2D eigenvalue weighted by atomic mass is 10.0. The number of aromatic nitrogens is 1. The summed E-state index contributed by atoms with van der Waals surface area (Å²) in [5, 5.41) is 3.40. The first kappa shape index (κ1) is 17.4. The van der Waals surface area contributed by atoms with Crippen LogP contribution in [0.2, 0.25) is 0 Å². The molecule has 0 unspecified atom stereocenters. The molecule has 0 aliphatic rings. The van der Waals surface area contributed by atoms with E-state index in [0.717, 1.165) is 42.4 Å². The van der Waals surface area contributed by atoms with Crippen LogP contribution in [0.4, 0.5) is 5.82 Å². The predicted molar refractivity (Wildman–Crippen MR) is 91.3 cm³/mol. The minimum atomic E-state index is 0.743. The molecule has 0 bridgehead atoms. The van der Waals surface area contributed by atoms with Crippen LogP contribution >= 0.6 is 15.9 Å². The van der Waals surface area contributed by atoms with Gasteiger partial charge >= 0.3 is 0 Å². The van der Waals surface area contributed by atoms with Gasteiger partial charge in [-0.1, -0.05) is 33.6 Å². The summed E-state index contributed by atoms with van der Waals surface area (Å²) in [6.07, 6.45) is 4.36. The maximum absolute atomic E-state index is 4.66. The van der Waals surface area contributed by atoms with Crippen LogP contribution in [0.1, 0.15) is 46.1 Å². The van der Waals surface area contributed by atoms with Crippen molar-refractivity contribution in [2.24, 2.45) is 5.92 Å². The van der Waals surface area contributed by atoms with Crippen molar-refractivity contribution in [3.05, 3.63) is 22.3 Å². The largest absolute Gasteiger partial charge is 0.356 e. The minimum Gasteiger partial charge on any atom is -0.356 e. The van der Waals surface area contributed by atoms with E-state index in [1.54, 1.807) is 0 Å². The van der Waals surface area contributed by atoms with Gasteiger partial charge in [-0.25, -0.2) is 4.98 Å². The molecular formula is C16H28BrN3. The van der Waals surface area contributed by atoms with E-state index in [4.69, 9.17) is 0 Å². The topological polar surface area (TPSA) is 28.2 Å². The Bertz CT molecular complexity index is 391. The van der Waals surface area contributed by atoms with Crippen LogP contribution in [0, 0.1) is 5.92 Å². The van der Waals surface area contributed by atoms with Gasteiger partial charge < -0.3 is 10.2 Å². The maximum atomic E-state index is 4.66. The Hall–Kier alpha value is -0.610. The molecule has 1 rings (SSSR count). The molecule has 1 aromatic rings. The normalized spacial score (nSPS) is 11.1. The standard InChI is InChI=1S/C16H28BrN3/c1-5-13(6-2)12-20(8-4)16-14(10-18-7-3)9-15(17)11-19-16/h9,11,13,18H,5-8,10,12H2,1-4H3. The summed E-state index contributed by atoms with van der Waals surface area (Å²) in [4.78, 5) is 7.08. The molecule has 4 heteroatoms. The van der Waals surface area contributed by atoms with E-state index in [2.05, 4.69) is 64.9 Å². The fourth-order valence-corrected chi connectivity index (χ4v) is 2.75. The van der Waals surface area contributed by atoms with E-state index in [1.165, 1.54) is 18.4 Å². The molecule has 3 nitrogen and oxygen atoms in total. The smallest absolute Gasteiger partial charge is 0.133 e. The fraction of sp³-hybridized carbons (Fsp3) is 0.688. The van der Waals surface area contributed by atoms with Gasteiger partial charge in [0.15, 0.2) is 0 Å². The zero-order valence-electron chi connectivity index (χ0n) is 13.2. The molecule has 0 aliphatic carbocycles. The van der Waals surface area contributed by atoms with Crippen LogP contribution in [0.3, 0.4) is 0 Å². The van der Waals surface area contributed by atoms with Gasteiger partial charge in [0.2, 0.25) is 0 Å². The van der Waals surface area contributed by atoms with E-state index in [0.29, 0.717) is 0 Å². The monoisotopic (exact) mass is 341 g/mol. The lowest BCUT2D eigenvalue weighted by molar-refractivity contribution is 0.483. The van der Waals surface area contributed by atoms with Gasteiger partial charge in [0.05, 0.1) is 0 Å². The van der Waals surface area contributed by atoms with Gasteiger partial charge in [-0.15, -0.1) is 0 Å². The summed E-state index contributed by atoms with van der Waals surface area (Å²) >= 11 is 3.53. The van der Waals surface area contributed by atoms with E-state index < -0.39 is 0 Å². The number of hydrogen-bond donors (Lipinski definition) is 1. The highest BCUT2D eigenvalue weighted by Gasteiger charge is 2.15. The van der Waals surface area contributed by atoms with Crippen LogP contribution in [0.25, 0.3) is 0 Å². The Morgan fingerprint density at radius 2 is 1.95 bits per heavy atom. The quantitative estimate of drug-likeness (QED) is 0.728. The SMILES string of the molecule is CCNCc1cc(Br)cnc1N(CC)CC(CC)CC. The molecule has 0 radical (unpaired) electrons. The van der Waals surface area contributed by atoms with Gasteiger partial charge in [-0.2, -0.15) is 0 Å². The molecule has 0 spiro atoms. The van der Waals surface area contributed by atoms with Crippen molar-refractivity contribution in [2.75, 3.05) is 24.5 Å². The highest BCUT2D eigenvalue weighted by molar-refractivity contribution is 9.10. The van der Waals surface area contributed by atoms with Crippen molar-refractivity contribution < 1.29 is 0 Å². The number of halogens is 1. The van der Waals surface area contributed by atoms with Crippen molar-refractivity contribution in [1.82, 2.24) is 10.3 Å². The van der Waals surface area contributed by atoms with E-state index in [9.17, 15) is 0 Å².